The fourth-order valence-corrected chi connectivity index (χ4v) is 2.56. The zero-order valence-corrected chi connectivity index (χ0v) is 16.6. The normalized spacial score (nSPS) is 15.4. The molecule has 27 heavy (non-hydrogen) atoms. The minimum absolute atomic E-state index is 0.0271. The van der Waals surface area contributed by atoms with Crippen molar-refractivity contribution in [3.8, 4) is 0 Å². The monoisotopic (exact) mass is 387 g/mol. The third-order valence-corrected chi connectivity index (χ3v) is 4.70. The van der Waals surface area contributed by atoms with Gasteiger partial charge in [-0.05, 0) is 57.5 Å². The average molecular weight is 388 g/mol. The van der Waals surface area contributed by atoms with E-state index in [1.54, 1.807) is 0 Å². The second kappa shape index (κ2) is 14.4. The highest BCUT2D eigenvalue weighted by molar-refractivity contribution is 5.91. The van der Waals surface area contributed by atoms with Gasteiger partial charge in [-0.25, -0.2) is 4.79 Å². The van der Waals surface area contributed by atoms with Gasteiger partial charge >= 0.3 is 5.97 Å². The summed E-state index contributed by atoms with van der Waals surface area (Å²) in [6.07, 6.45) is 4.01. The molecule has 0 aromatic heterocycles. The van der Waals surface area contributed by atoms with Crippen LogP contribution in [0.3, 0.4) is 0 Å². The number of rotatable bonds is 15. The Morgan fingerprint density at radius 3 is 1.81 bits per heavy atom. The van der Waals surface area contributed by atoms with Crippen molar-refractivity contribution >= 4 is 17.8 Å². The van der Waals surface area contributed by atoms with E-state index >= 15 is 0 Å². The van der Waals surface area contributed by atoms with Crippen molar-refractivity contribution in [2.75, 3.05) is 13.1 Å². The van der Waals surface area contributed by atoms with Crippen molar-refractivity contribution in [3.63, 3.8) is 0 Å². The van der Waals surface area contributed by atoms with E-state index in [9.17, 15) is 19.5 Å². The van der Waals surface area contributed by atoms with Gasteiger partial charge in [-0.3, -0.25) is 9.59 Å². The van der Waals surface area contributed by atoms with Crippen molar-refractivity contribution < 1.29 is 19.5 Å². The van der Waals surface area contributed by atoms with Gasteiger partial charge in [0, 0.05) is 0 Å². The lowest BCUT2D eigenvalue weighted by atomic mass is 9.98. The number of nitrogens with two attached hydrogens (primary N) is 3. The summed E-state index contributed by atoms with van der Waals surface area (Å²) in [5.41, 5.74) is 16.8. The van der Waals surface area contributed by atoms with E-state index < -0.39 is 35.9 Å². The van der Waals surface area contributed by atoms with Gasteiger partial charge < -0.3 is 32.9 Å². The topological polar surface area (TPSA) is 174 Å². The van der Waals surface area contributed by atoms with Crippen molar-refractivity contribution in [3.05, 3.63) is 0 Å². The van der Waals surface area contributed by atoms with Crippen LogP contribution in [0, 0.1) is 5.92 Å². The molecule has 0 aliphatic heterocycles. The van der Waals surface area contributed by atoms with E-state index in [0.717, 1.165) is 6.42 Å². The average Bonchev–Trinajstić information content (AvgIpc) is 2.64. The highest BCUT2D eigenvalue weighted by Crippen LogP contribution is 2.08. The number of aliphatic carboxylic acids is 1. The molecule has 0 aliphatic rings. The number of nitrogens with one attached hydrogen (secondary N) is 2. The maximum Gasteiger partial charge on any atom is 0.326 e. The lowest BCUT2D eigenvalue weighted by Gasteiger charge is -2.24. The van der Waals surface area contributed by atoms with Crippen LogP contribution in [0.4, 0.5) is 0 Å². The molecule has 158 valence electrons. The lowest BCUT2D eigenvalue weighted by Crippen LogP contribution is -2.55. The molecule has 2 amide bonds. The van der Waals surface area contributed by atoms with E-state index in [0.29, 0.717) is 45.2 Å². The maximum absolute atomic E-state index is 12.6. The van der Waals surface area contributed by atoms with E-state index in [-0.39, 0.29) is 12.3 Å². The number of unbranched alkanes of at least 4 members (excludes halogenated alkanes) is 2. The van der Waals surface area contributed by atoms with Crippen LogP contribution in [-0.2, 0) is 14.4 Å². The Morgan fingerprint density at radius 1 is 0.889 bits per heavy atom. The van der Waals surface area contributed by atoms with Gasteiger partial charge in [0.25, 0.3) is 0 Å². The quantitative estimate of drug-likeness (QED) is 0.209. The maximum atomic E-state index is 12.6. The van der Waals surface area contributed by atoms with Gasteiger partial charge in [0.05, 0.1) is 6.04 Å². The first kappa shape index (κ1) is 25.3. The summed E-state index contributed by atoms with van der Waals surface area (Å²) in [7, 11) is 0. The van der Waals surface area contributed by atoms with Crippen LogP contribution < -0.4 is 27.8 Å². The first-order valence-corrected chi connectivity index (χ1v) is 9.77. The number of carboxylic acids is 1. The molecule has 0 aromatic carbocycles. The number of hydrogen-bond donors (Lipinski definition) is 6. The summed E-state index contributed by atoms with van der Waals surface area (Å²) in [6.45, 7) is 4.74. The molecule has 0 saturated carbocycles. The Morgan fingerprint density at radius 2 is 1.37 bits per heavy atom. The van der Waals surface area contributed by atoms with Crippen molar-refractivity contribution in [1.29, 1.82) is 0 Å². The first-order chi connectivity index (χ1) is 12.8. The summed E-state index contributed by atoms with van der Waals surface area (Å²) in [4.78, 5) is 36.3. The number of hydrogen-bond acceptors (Lipinski definition) is 6. The molecule has 0 saturated heterocycles. The van der Waals surface area contributed by atoms with Crippen LogP contribution in [0.1, 0.15) is 58.8 Å². The SMILES string of the molecule is CC[C@H](C)[C@H](N)C(=O)N[C@@H](CCCCN)C(=O)N[C@@H](CCCCN)C(=O)O. The Labute approximate surface area is 161 Å². The van der Waals surface area contributed by atoms with Crippen LogP contribution >= 0.6 is 0 Å². The molecule has 0 rings (SSSR count). The lowest BCUT2D eigenvalue weighted by molar-refractivity contribution is -0.142. The van der Waals surface area contributed by atoms with Gasteiger partial charge in [-0.1, -0.05) is 20.3 Å². The summed E-state index contributed by atoms with van der Waals surface area (Å²) < 4.78 is 0. The van der Waals surface area contributed by atoms with Crippen LogP contribution in [0.25, 0.3) is 0 Å². The van der Waals surface area contributed by atoms with Gasteiger partial charge in [-0.2, -0.15) is 0 Å². The third-order valence-electron chi connectivity index (χ3n) is 4.70. The standard InChI is InChI=1S/C18H37N5O4/c1-3-12(2)15(21)17(25)22-13(8-4-6-10-19)16(24)23-14(18(26)27)9-5-7-11-20/h12-15H,3-11,19-21H2,1-2H3,(H,22,25)(H,23,24)(H,26,27)/t12-,13-,14-,15-/m0/s1. The molecule has 0 aliphatic carbocycles. The summed E-state index contributed by atoms with van der Waals surface area (Å²) >= 11 is 0. The summed E-state index contributed by atoms with van der Waals surface area (Å²) in [5.74, 6) is -2.06. The molecule has 9 nitrogen and oxygen atoms in total. The third kappa shape index (κ3) is 10.3. The van der Waals surface area contributed by atoms with Crippen LogP contribution in [0.15, 0.2) is 0 Å². The molecular weight excluding hydrogens is 350 g/mol. The molecule has 0 radical (unpaired) electrons. The van der Waals surface area contributed by atoms with E-state index in [1.165, 1.54) is 0 Å². The number of amides is 2. The van der Waals surface area contributed by atoms with Crippen molar-refractivity contribution in [1.82, 2.24) is 10.6 Å². The number of carboxylic acid groups (broad SMARTS) is 1. The van der Waals surface area contributed by atoms with Gasteiger partial charge in [0.15, 0.2) is 0 Å². The van der Waals surface area contributed by atoms with E-state index in [4.69, 9.17) is 17.2 Å². The minimum Gasteiger partial charge on any atom is -0.480 e. The highest BCUT2D eigenvalue weighted by Gasteiger charge is 2.28. The molecular formula is C18H37N5O4. The summed E-state index contributed by atoms with van der Waals surface area (Å²) in [6, 6.07) is -2.57. The van der Waals surface area contributed by atoms with Crippen LogP contribution in [0.2, 0.25) is 0 Å². The van der Waals surface area contributed by atoms with Crippen LogP contribution in [-0.4, -0.2) is 54.1 Å². The Hall–Kier alpha value is -1.71. The second-order valence-electron chi connectivity index (χ2n) is 6.94. The molecule has 0 unspecified atom stereocenters. The molecule has 9 N–H and O–H groups in total. The van der Waals surface area contributed by atoms with Gasteiger partial charge in [-0.15, -0.1) is 0 Å². The predicted octanol–water partition coefficient (Wildman–Crippen LogP) is -0.328. The second-order valence-corrected chi connectivity index (χ2v) is 6.94. The van der Waals surface area contributed by atoms with E-state index in [2.05, 4.69) is 10.6 Å². The Balaban J connectivity index is 4.99. The number of carbonyl (C=O) groups excluding carboxylic acids is 2. The van der Waals surface area contributed by atoms with Gasteiger partial charge in [0.1, 0.15) is 12.1 Å². The van der Waals surface area contributed by atoms with Crippen molar-refractivity contribution in [2.24, 2.45) is 23.1 Å². The fraction of sp³-hybridized carbons (Fsp3) is 0.833. The van der Waals surface area contributed by atoms with Gasteiger partial charge in [0.2, 0.25) is 11.8 Å². The van der Waals surface area contributed by atoms with E-state index in [1.807, 2.05) is 13.8 Å². The molecule has 0 fully saturated rings. The largest absolute Gasteiger partial charge is 0.480 e. The predicted molar refractivity (Wildman–Crippen MR) is 105 cm³/mol. The fourth-order valence-electron chi connectivity index (χ4n) is 2.56. The smallest absolute Gasteiger partial charge is 0.326 e. The van der Waals surface area contributed by atoms with Crippen molar-refractivity contribution in [2.45, 2.75) is 76.9 Å². The molecule has 4 atom stereocenters. The zero-order chi connectivity index (χ0) is 20.8. The number of carbonyl (C=O) groups is 3. The zero-order valence-electron chi connectivity index (χ0n) is 16.6. The minimum atomic E-state index is -1.11. The molecule has 0 bridgehead atoms. The molecule has 9 heteroatoms. The Bertz CT molecular complexity index is 461. The first-order valence-electron chi connectivity index (χ1n) is 9.77. The molecule has 0 aromatic rings. The van der Waals surface area contributed by atoms with Crippen LogP contribution in [0.5, 0.6) is 0 Å². The highest BCUT2D eigenvalue weighted by atomic mass is 16.4. The summed E-state index contributed by atoms with van der Waals surface area (Å²) in [5, 5.41) is 14.5. The molecule has 0 spiro atoms. The molecule has 0 heterocycles. The Kier molecular flexibility index (Phi) is 13.5.